The van der Waals surface area contributed by atoms with Crippen LogP contribution in [0.2, 0.25) is 0 Å². The van der Waals surface area contributed by atoms with Gasteiger partial charge in [-0.15, -0.1) is 0 Å². The predicted octanol–water partition coefficient (Wildman–Crippen LogP) is 4.49. The number of fused-ring (bicyclic) bond motifs is 1. The maximum absolute atomic E-state index is 13.5. The van der Waals surface area contributed by atoms with Crippen molar-refractivity contribution in [1.29, 1.82) is 0 Å². The fraction of sp³-hybridized carbons (Fsp3) is 0.588. The molecule has 0 saturated carbocycles. The van der Waals surface area contributed by atoms with E-state index in [4.69, 9.17) is 10.5 Å². The molecule has 5 rings (SSSR count). The van der Waals surface area contributed by atoms with Gasteiger partial charge in [0.05, 0.1) is 0 Å². The first-order valence-corrected chi connectivity index (χ1v) is 15.8. The van der Waals surface area contributed by atoms with Gasteiger partial charge in [0.1, 0.15) is 12.4 Å². The minimum atomic E-state index is -0.253. The van der Waals surface area contributed by atoms with Crippen LogP contribution in [0.15, 0.2) is 54.6 Å². The van der Waals surface area contributed by atoms with Crippen LogP contribution in [0.25, 0.3) is 0 Å². The van der Waals surface area contributed by atoms with E-state index in [1.54, 1.807) is 0 Å². The average Bonchev–Trinajstić information content (AvgIpc) is 2.99. The van der Waals surface area contributed by atoms with E-state index < -0.39 is 0 Å². The first-order valence-electron chi connectivity index (χ1n) is 15.8. The molecule has 0 aliphatic carbocycles. The molecule has 2 aromatic rings. The molecule has 2 aromatic carbocycles. The highest BCUT2D eigenvalue weighted by atomic mass is 16.5. The molecular weight excluding hydrogens is 512 g/mol. The Morgan fingerprint density at radius 1 is 0.854 bits per heavy atom. The van der Waals surface area contributed by atoms with Gasteiger partial charge in [-0.3, -0.25) is 14.5 Å². The lowest BCUT2D eigenvalue weighted by atomic mass is 9.73. The highest BCUT2D eigenvalue weighted by Gasteiger charge is 2.39. The molecule has 2 N–H and O–H groups in total. The molecule has 222 valence electrons. The van der Waals surface area contributed by atoms with Crippen LogP contribution in [-0.4, -0.2) is 78.9 Å². The van der Waals surface area contributed by atoms with Crippen LogP contribution in [0.3, 0.4) is 0 Å². The second-order valence-electron chi connectivity index (χ2n) is 12.5. The zero-order chi connectivity index (χ0) is 28.5. The van der Waals surface area contributed by atoms with Crippen LogP contribution in [-0.2, 0) is 22.6 Å². The summed E-state index contributed by atoms with van der Waals surface area (Å²) >= 11 is 0. The smallest absolute Gasteiger partial charge is 0.225 e. The molecule has 3 aliphatic rings. The Kier molecular flexibility index (Phi) is 10.3. The third kappa shape index (κ3) is 8.32. The van der Waals surface area contributed by atoms with Crippen LogP contribution >= 0.6 is 0 Å². The second-order valence-corrected chi connectivity index (χ2v) is 12.5. The zero-order valence-electron chi connectivity index (χ0n) is 24.6. The van der Waals surface area contributed by atoms with Crippen molar-refractivity contribution >= 4 is 11.8 Å². The Balaban J connectivity index is 1.22. The summed E-state index contributed by atoms with van der Waals surface area (Å²) in [6.07, 6.45) is 8.93. The molecule has 2 fully saturated rings. The number of hydrogen-bond donors (Lipinski definition) is 1. The molecule has 0 radical (unpaired) electrons. The monoisotopic (exact) mass is 560 g/mol. The van der Waals surface area contributed by atoms with Gasteiger partial charge in [0.15, 0.2) is 0 Å². The summed E-state index contributed by atoms with van der Waals surface area (Å²) in [5, 5.41) is 0. The fourth-order valence-electron chi connectivity index (χ4n) is 7.10. The van der Waals surface area contributed by atoms with E-state index in [2.05, 4.69) is 69.3 Å². The number of likely N-dealkylation sites (tertiary alicyclic amines) is 2. The topological polar surface area (TPSA) is 79.1 Å². The molecule has 0 unspecified atom stereocenters. The highest BCUT2D eigenvalue weighted by Crippen LogP contribution is 2.39. The van der Waals surface area contributed by atoms with Gasteiger partial charge >= 0.3 is 0 Å². The van der Waals surface area contributed by atoms with Gasteiger partial charge in [0.2, 0.25) is 11.8 Å². The number of amides is 2. The molecule has 0 atom stereocenters. The van der Waals surface area contributed by atoms with Crippen LogP contribution in [0.5, 0.6) is 5.75 Å². The quantitative estimate of drug-likeness (QED) is 0.563. The first-order chi connectivity index (χ1) is 20.0. The third-order valence-electron chi connectivity index (χ3n) is 9.60. The third-order valence-corrected chi connectivity index (χ3v) is 9.60. The predicted molar refractivity (Wildman–Crippen MR) is 162 cm³/mol. The minimum Gasteiger partial charge on any atom is -0.492 e. The second kappa shape index (κ2) is 14.3. The lowest BCUT2D eigenvalue weighted by molar-refractivity contribution is -0.140. The summed E-state index contributed by atoms with van der Waals surface area (Å²) in [4.78, 5) is 31.7. The standard InChI is InChI=1S/C34H48N4O3/c35-32(39)15-21-36-19-13-30(14-20-36)33(40)38-22-17-34(18-23-38)16-7-6-11-29-10-4-5-12-31(29)41-25-24-37(27-34)26-28-8-2-1-3-9-28/h1-5,8-10,12,30H,6-7,11,13-27H2,(H2,35,39). The molecular formula is C34H48N4O3. The van der Waals surface area contributed by atoms with Crippen molar-refractivity contribution in [2.45, 2.75) is 64.3 Å². The summed E-state index contributed by atoms with van der Waals surface area (Å²) < 4.78 is 6.33. The molecule has 7 nitrogen and oxygen atoms in total. The number of rotatable bonds is 6. The van der Waals surface area contributed by atoms with Crippen molar-refractivity contribution < 1.29 is 14.3 Å². The van der Waals surface area contributed by atoms with Crippen molar-refractivity contribution in [2.24, 2.45) is 17.1 Å². The number of para-hydroxylation sites is 1. The largest absolute Gasteiger partial charge is 0.492 e. The van der Waals surface area contributed by atoms with Crippen molar-refractivity contribution in [3.63, 3.8) is 0 Å². The summed E-state index contributed by atoms with van der Waals surface area (Å²) in [5.74, 6) is 1.23. The van der Waals surface area contributed by atoms with Gasteiger partial charge in [-0.25, -0.2) is 0 Å². The molecule has 0 bridgehead atoms. The number of aryl methyl sites for hydroxylation is 1. The first kappa shape index (κ1) is 29.6. The van der Waals surface area contributed by atoms with E-state index in [1.807, 2.05) is 0 Å². The SMILES string of the molecule is NC(=O)CCN1CCC(C(=O)N2CCC3(CCCCc4ccccc4OCCN(Cc4ccccc4)C3)CC2)CC1. The van der Waals surface area contributed by atoms with Crippen LogP contribution < -0.4 is 10.5 Å². The van der Waals surface area contributed by atoms with E-state index in [0.717, 1.165) is 90.1 Å². The van der Waals surface area contributed by atoms with E-state index in [9.17, 15) is 9.59 Å². The Morgan fingerprint density at radius 2 is 1.59 bits per heavy atom. The molecule has 2 amide bonds. The zero-order valence-corrected chi connectivity index (χ0v) is 24.6. The number of ether oxygens (including phenoxy) is 1. The molecule has 41 heavy (non-hydrogen) atoms. The maximum atomic E-state index is 13.5. The van der Waals surface area contributed by atoms with E-state index in [0.29, 0.717) is 25.5 Å². The summed E-state index contributed by atoms with van der Waals surface area (Å²) in [6.45, 7) is 7.72. The maximum Gasteiger partial charge on any atom is 0.225 e. The number of nitrogens with two attached hydrogens (primary N) is 1. The number of benzene rings is 2. The van der Waals surface area contributed by atoms with Crippen LogP contribution in [0.1, 0.15) is 62.5 Å². The van der Waals surface area contributed by atoms with Crippen molar-refractivity contribution in [1.82, 2.24) is 14.7 Å². The molecule has 1 spiro atoms. The van der Waals surface area contributed by atoms with Gasteiger partial charge in [-0.2, -0.15) is 0 Å². The van der Waals surface area contributed by atoms with Gasteiger partial charge < -0.3 is 20.3 Å². The van der Waals surface area contributed by atoms with Gasteiger partial charge in [0, 0.05) is 51.6 Å². The Bertz CT molecular complexity index is 1120. The number of primary amides is 1. The molecule has 3 aliphatic heterocycles. The Morgan fingerprint density at radius 3 is 2.34 bits per heavy atom. The van der Waals surface area contributed by atoms with Gasteiger partial charge in [0.25, 0.3) is 0 Å². The van der Waals surface area contributed by atoms with E-state index >= 15 is 0 Å². The minimum absolute atomic E-state index is 0.108. The number of hydrogen-bond acceptors (Lipinski definition) is 5. The Hall–Kier alpha value is -2.90. The molecule has 2 saturated heterocycles. The van der Waals surface area contributed by atoms with Crippen molar-refractivity contribution in [3.05, 3.63) is 65.7 Å². The Labute approximate surface area is 246 Å². The van der Waals surface area contributed by atoms with E-state index in [1.165, 1.54) is 24.0 Å². The van der Waals surface area contributed by atoms with Crippen molar-refractivity contribution in [2.75, 3.05) is 52.4 Å². The summed E-state index contributed by atoms with van der Waals surface area (Å²) in [7, 11) is 0. The van der Waals surface area contributed by atoms with E-state index in [-0.39, 0.29) is 17.2 Å². The number of nitrogens with zero attached hydrogens (tertiary/aromatic N) is 3. The van der Waals surface area contributed by atoms with Crippen LogP contribution in [0.4, 0.5) is 0 Å². The molecule has 0 aromatic heterocycles. The molecule has 3 heterocycles. The number of piperidine rings is 2. The average molecular weight is 561 g/mol. The van der Waals surface area contributed by atoms with Crippen molar-refractivity contribution in [3.8, 4) is 5.75 Å². The fourth-order valence-corrected chi connectivity index (χ4v) is 7.10. The number of carbonyl (C=O) groups is 2. The van der Waals surface area contributed by atoms with Crippen LogP contribution in [0, 0.1) is 11.3 Å². The lowest BCUT2D eigenvalue weighted by Gasteiger charge is -2.46. The van der Waals surface area contributed by atoms with Gasteiger partial charge in [-0.1, -0.05) is 55.0 Å². The number of carbonyl (C=O) groups excluding carboxylic acids is 2. The van der Waals surface area contributed by atoms with Gasteiger partial charge in [-0.05, 0) is 80.6 Å². The molecule has 7 heteroatoms. The highest BCUT2D eigenvalue weighted by molar-refractivity contribution is 5.79. The normalized spacial score (nSPS) is 21.3. The lowest BCUT2D eigenvalue weighted by Crippen LogP contribution is -2.50. The summed E-state index contributed by atoms with van der Waals surface area (Å²) in [6, 6.07) is 19.3. The summed E-state index contributed by atoms with van der Waals surface area (Å²) in [5.41, 5.74) is 8.20.